The van der Waals surface area contributed by atoms with Crippen LogP contribution < -0.4 is 5.73 Å². The molecule has 0 amide bonds. The van der Waals surface area contributed by atoms with E-state index in [-0.39, 0.29) is 16.3 Å². The molecule has 0 saturated carbocycles. The zero-order valence-corrected chi connectivity index (χ0v) is 22.2. The fourth-order valence-corrected chi connectivity index (χ4v) is 6.16. The number of hydrogen-bond acceptors (Lipinski definition) is 7. The monoisotopic (exact) mass is 555 g/mol. The van der Waals surface area contributed by atoms with Gasteiger partial charge < -0.3 is 5.73 Å². The lowest BCUT2D eigenvalue weighted by molar-refractivity contribution is 0.484. The lowest BCUT2D eigenvalue weighted by Gasteiger charge is -2.18. The van der Waals surface area contributed by atoms with Crippen molar-refractivity contribution in [2.24, 2.45) is 10.2 Å². The molecule has 0 atom stereocenters. The maximum absolute atomic E-state index is 12.2. The van der Waals surface area contributed by atoms with E-state index in [1.54, 1.807) is 48.8 Å². The Labute approximate surface area is 234 Å². The predicted octanol–water partition coefficient (Wildman–Crippen LogP) is 7.95. The largest absolute Gasteiger partial charge is 0.396 e. The zero-order valence-electron chi connectivity index (χ0n) is 21.4. The number of benzene rings is 5. The van der Waals surface area contributed by atoms with Crippen LogP contribution in [0.2, 0.25) is 0 Å². The van der Waals surface area contributed by atoms with Gasteiger partial charge in [-0.15, -0.1) is 10.2 Å². The van der Waals surface area contributed by atoms with Gasteiger partial charge in [0, 0.05) is 34.1 Å². The Kier molecular flexibility index (Phi) is 5.70. The third-order valence-electron chi connectivity index (χ3n) is 7.22. The molecule has 8 nitrogen and oxygen atoms in total. The van der Waals surface area contributed by atoms with Crippen LogP contribution in [0.3, 0.4) is 0 Å². The molecule has 0 fully saturated rings. The lowest BCUT2D eigenvalue weighted by atomic mass is 9.88. The van der Waals surface area contributed by atoms with Gasteiger partial charge in [0.05, 0.1) is 11.2 Å². The summed E-state index contributed by atoms with van der Waals surface area (Å²) in [5.74, 6) is 0. The summed E-state index contributed by atoms with van der Waals surface area (Å²) in [5, 5.41) is 12.6. The number of nitrogens with zero attached hydrogens (tertiary/aromatic N) is 4. The molecule has 9 heteroatoms. The first-order valence-corrected chi connectivity index (χ1v) is 14.2. The Bertz CT molecular complexity index is 2200. The summed E-state index contributed by atoms with van der Waals surface area (Å²) in [4.78, 5) is 9.16. The lowest BCUT2D eigenvalue weighted by Crippen LogP contribution is -2.01. The van der Waals surface area contributed by atoms with E-state index in [9.17, 15) is 13.0 Å². The molecule has 7 rings (SSSR count). The maximum Gasteiger partial charge on any atom is 0.295 e. The van der Waals surface area contributed by atoms with Crippen LogP contribution in [0.1, 0.15) is 0 Å². The van der Waals surface area contributed by atoms with Crippen molar-refractivity contribution < 1.29 is 13.0 Å². The predicted molar refractivity (Wildman–Crippen MR) is 161 cm³/mol. The van der Waals surface area contributed by atoms with Gasteiger partial charge in [-0.25, -0.2) is 0 Å². The number of nitrogen functional groups attached to an aromatic ring is 1. The van der Waals surface area contributed by atoms with E-state index in [1.807, 2.05) is 30.3 Å². The van der Waals surface area contributed by atoms with Crippen LogP contribution in [0, 0.1) is 0 Å². The molecule has 0 aliphatic carbocycles. The molecular formula is C32H21N5O3S. The molecule has 198 valence electrons. The molecule has 41 heavy (non-hydrogen) atoms. The van der Waals surface area contributed by atoms with Crippen LogP contribution in [0.15, 0.2) is 125 Å². The quantitative estimate of drug-likeness (QED) is 0.126. The van der Waals surface area contributed by atoms with Crippen LogP contribution in [0.4, 0.5) is 17.1 Å². The number of nitrogens with two attached hydrogens (primary N) is 1. The van der Waals surface area contributed by atoms with Gasteiger partial charge in [0.2, 0.25) is 0 Å². The van der Waals surface area contributed by atoms with Gasteiger partial charge in [-0.2, -0.15) is 8.42 Å². The van der Waals surface area contributed by atoms with E-state index in [4.69, 9.17) is 10.7 Å². The number of rotatable bonds is 5. The second-order valence-electron chi connectivity index (χ2n) is 9.58. The summed E-state index contributed by atoms with van der Waals surface area (Å²) in [6, 6.07) is 29.8. The molecule has 4 bridgehead atoms. The molecule has 0 unspecified atom stereocenters. The summed E-state index contributed by atoms with van der Waals surface area (Å²) < 4.78 is 34.2. The van der Waals surface area contributed by atoms with E-state index < -0.39 is 10.1 Å². The molecule has 0 saturated heterocycles. The number of hydrogen-bond donors (Lipinski definition) is 2. The minimum atomic E-state index is -4.54. The van der Waals surface area contributed by atoms with Crippen molar-refractivity contribution in [3.63, 3.8) is 0 Å². The SMILES string of the molecule is Nc1c(N=Nc2cccnc2-c2c3ccnc2c2cccc3c2-c2ccccc2)cc(S(=O)(=O)O)c2ccccc12. The van der Waals surface area contributed by atoms with Crippen molar-refractivity contribution in [3.8, 4) is 22.4 Å². The highest BCUT2D eigenvalue weighted by atomic mass is 32.2. The van der Waals surface area contributed by atoms with Crippen LogP contribution >= 0.6 is 0 Å². The number of anilines is 1. The van der Waals surface area contributed by atoms with E-state index in [1.165, 1.54) is 6.07 Å². The highest BCUT2D eigenvalue weighted by molar-refractivity contribution is 7.86. The zero-order chi connectivity index (χ0) is 28.1. The van der Waals surface area contributed by atoms with Crippen LogP contribution in [0.5, 0.6) is 0 Å². The van der Waals surface area contributed by atoms with Gasteiger partial charge in [-0.1, -0.05) is 72.8 Å². The average molecular weight is 556 g/mol. The van der Waals surface area contributed by atoms with Crippen LogP contribution in [-0.4, -0.2) is 22.9 Å². The van der Waals surface area contributed by atoms with Gasteiger partial charge in [0.15, 0.2) is 0 Å². The minimum absolute atomic E-state index is 0.112. The maximum atomic E-state index is 12.2. The summed E-state index contributed by atoms with van der Waals surface area (Å²) in [5.41, 5.74) is 11.6. The molecular weight excluding hydrogens is 534 g/mol. The highest BCUT2D eigenvalue weighted by Gasteiger charge is 2.22. The fraction of sp³-hybridized carbons (Fsp3) is 0. The van der Waals surface area contributed by atoms with Crippen molar-refractivity contribution in [2.75, 3.05) is 5.73 Å². The Morgan fingerprint density at radius 2 is 1.32 bits per heavy atom. The first kappa shape index (κ1) is 24.8. The number of azo groups is 1. The van der Waals surface area contributed by atoms with Crippen LogP contribution in [-0.2, 0) is 10.1 Å². The van der Waals surface area contributed by atoms with Gasteiger partial charge in [-0.05, 0) is 46.2 Å². The average Bonchev–Trinajstić information content (AvgIpc) is 2.99. The van der Waals surface area contributed by atoms with Crippen molar-refractivity contribution in [1.82, 2.24) is 9.97 Å². The number of fused-ring (bicyclic) bond motifs is 7. The fourth-order valence-electron chi connectivity index (χ4n) is 5.44. The highest BCUT2D eigenvalue weighted by Crippen LogP contribution is 2.45. The smallest absolute Gasteiger partial charge is 0.295 e. The molecule has 0 radical (unpaired) electrons. The summed E-state index contributed by atoms with van der Waals surface area (Å²) in [6.07, 6.45) is 3.48. The Morgan fingerprint density at radius 3 is 2.12 bits per heavy atom. The molecule has 5 aromatic carbocycles. The molecule has 0 spiro atoms. The van der Waals surface area contributed by atoms with Crippen molar-refractivity contribution in [2.45, 2.75) is 4.90 Å². The van der Waals surface area contributed by atoms with E-state index in [0.717, 1.165) is 38.4 Å². The van der Waals surface area contributed by atoms with Crippen molar-refractivity contribution in [3.05, 3.63) is 109 Å². The second kappa shape index (κ2) is 9.44. The summed E-state index contributed by atoms with van der Waals surface area (Å²) in [7, 11) is -4.54. The number of pyridine rings is 2. The Hall–Kier alpha value is -5.25. The standard InChI is InChI=1S/C32H21N5O3S/c33-30-23-11-5-4-10-20(23)27(41(38,39)40)18-26(30)37-36-25-14-7-16-34-32(25)29-22-15-17-35-31(29)24-13-6-12-21(22)28(24)19-8-2-1-3-9-19/h1-18H,33H2,(H,38,39,40). The van der Waals surface area contributed by atoms with Gasteiger partial charge in [0.1, 0.15) is 22.0 Å². The second-order valence-corrected chi connectivity index (χ2v) is 11.0. The third kappa shape index (κ3) is 4.07. The molecule has 2 aromatic heterocycles. The van der Waals surface area contributed by atoms with E-state index in [2.05, 4.69) is 39.5 Å². The van der Waals surface area contributed by atoms with E-state index >= 15 is 0 Å². The normalized spacial score (nSPS) is 12.2. The molecule has 3 N–H and O–H groups in total. The Balaban J connectivity index is 1.43. The topological polar surface area (TPSA) is 131 Å². The first-order chi connectivity index (χ1) is 19.9. The van der Waals surface area contributed by atoms with Crippen LogP contribution in [0.25, 0.3) is 54.8 Å². The summed E-state index contributed by atoms with van der Waals surface area (Å²) in [6.45, 7) is 0. The molecule has 2 heterocycles. The molecule has 0 aliphatic rings. The molecule has 7 aromatic rings. The van der Waals surface area contributed by atoms with E-state index in [0.29, 0.717) is 22.2 Å². The first-order valence-electron chi connectivity index (χ1n) is 12.8. The minimum Gasteiger partial charge on any atom is -0.396 e. The summed E-state index contributed by atoms with van der Waals surface area (Å²) >= 11 is 0. The third-order valence-corrected chi connectivity index (χ3v) is 8.11. The van der Waals surface area contributed by atoms with Gasteiger partial charge in [-0.3, -0.25) is 14.5 Å². The Morgan fingerprint density at radius 1 is 0.634 bits per heavy atom. The van der Waals surface area contributed by atoms with Crippen molar-refractivity contribution in [1.29, 1.82) is 0 Å². The van der Waals surface area contributed by atoms with Gasteiger partial charge >= 0.3 is 0 Å². The molecule has 0 aliphatic heterocycles. The van der Waals surface area contributed by atoms with Crippen molar-refractivity contribution >= 4 is 59.6 Å². The van der Waals surface area contributed by atoms with Gasteiger partial charge in [0.25, 0.3) is 10.1 Å². The number of aromatic nitrogens is 2.